The molecule has 2 saturated heterocycles. The minimum Gasteiger partial charge on any atom is -0.467 e. The van der Waals surface area contributed by atoms with Gasteiger partial charge in [-0.2, -0.15) is 0 Å². The first kappa shape index (κ1) is 15.1. The molecule has 0 bridgehead atoms. The van der Waals surface area contributed by atoms with E-state index in [2.05, 4.69) is 5.32 Å². The summed E-state index contributed by atoms with van der Waals surface area (Å²) in [5.74, 6) is -0.255. The van der Waals surface area contributed by atoms with E-state index >= 15 is 0 Å². The Morgan fingerprint density at radius 1 is 1.35 bits per heavy atom. The molecule has 0 aromatic heterocycles. The van der Waals surface area contributed by atoms with Crippen molar-refractivity contribution in [3.63, 3.8) is 0 Å². The lowest BCUT2D eigenvalue weighted by Crippen LogP contribution is -2.65. The molecule has 2 rings (SSSR count). The van der Waals surface area contributed by atoms with E-state index in [9.17, 15) is 9.59 Å². The van der Waals surface area contributed by atoms with Crippen molar-refractivity contribution in [2.45, 2.75) is 44.8 Å². The Bertz CT molecular complexity index is 404. The molecule has 1 amide bonds. The van der Waals surface area contributed by atoms with Crippen LogP contribution in [0.2, 0.25) is 0 Å². The van der Waals surface area contributed by atoms with E-state index in [4.69, 9.17) is 9.47 Å². The van der Waals surface area contributed by atoms with E-state index < -0.39 is 17.2 Å². The first-order valence-electron chi connectivity index (χ1n) is 7.11. The third kappa shape index (κ3) is 2.49. The number of rotatable bonds is 1. The molecule has 2 atom stereocenters. The van der Waals surface area contributed by atoms with Crippen LogP contribution in [-0.2, 0) is 14.3 Å². The first-order chi connectivity index (χ1) is 9.31. The zero-order valence-electron chi connectivity index (χ0n) is 12.7. The van der Waals surface area contributed by atoms with E-state index in [0.717, 1.165) is 19.4 Å². The highest BCUT2D eigenvalue weighted by Crippen LogP contribution is 2.38. The minimum absolute atomic E-state index is 0.0937. The average molecular weight is 284 g/mol. The number of ether oxygens (including phenoxy) is 2. The monoisotopic (exact) mass is 284 g/mol. The third-order valence-corrected chi connectivity index (χ3v) is 4.03. The molecule has 0 spiro atoms. The fourth-order valence-electron chi connectivity index (χ4n) is 3.20. The van der Waals surface area contributed by atoms with Crippen LogP contribution in [0.3, 0.4) is 0 Å². The fraction of sp³-hybridized carbons (Fsp3) is 0.857. The van der Waals surface area contributed by atoms with Crippen LogP contribution in [0.15, 0.2) is 0 Å². The van der Waals surface area contributed by atoms with Crippen LogP contribution in [0.4, 0.5) is 4.79 Å². The van der Waals surface area contributed by atoms with Gasteiger partial charge in [0.1, 0.15) is 5.60 Å². The molecule has 114 valence electrons. The van der Waals surface area contributed by atoms with Gasteiger partial charge in [-0.05, 0) is 33.6 Å². The maximum absolute atomic E-state index is 12.5. The average Bonchev–Trinajstić information content (AvgIpc) is 2.79. The molecule has 2 heterocycles. The van der Waals surface area contributed by atoms with E-state index in [0.29, 0.717) is 13.1 Å². The highest BCUT2D eigenvalue weighted by molar-refractivity contribution is 5.87. The summed E-state index contributed by atoms with van der Waals surface area (Å²) in [7, 11) is 1.37. The number of nitrogens with zero attached hydrogens (tertiary/aromatic N) is 1. The van der Waals surface area contributed by atoms with Gasteiger partial charge in [0.2, 0.25) is 0 Å². The quantitative estimate of drug-likeness (QED) is 0.732. The maximum Gasteiger partial charge on any atom is 0.411 e. The molecule has 0 aliphatic carbocycles. The molecule has 6 nitrogen and oxygen atoms in total. The number of fused-ring (bicyclic) bond motifs is 1. The van der Waals surface area contributed by atoms with Crippen LogP contribution in [-0.4, -0.2) is 54.8 Å². The van der Waals surface area contributed by atoms with E-state index in [1.807, 2.05) is 20.8 Å². The summed E-state index contributed by atoms with van der Waals surface area (Å²) in [5, 5.41) is 3.22. The van der Waals surface area contributed by atoms with Crippen molar-refractivity contribution in [2.24, 2.45) is 5.92 Å². The van der Waals surface area contributed by atoms with Crippen molar-refractivity contribution in [1.29, 1.82) is 0 Å². The molecule has 0 saturated carbocycles. The number of methoxy groups -OCH3 is 1. The number of nitrogens with one attached hydrogen (secondary N) is 1. The minimum atomic E-state index is -0.907. The van der Waals surface area contributed by atoms with Gasteiger partial charge in [0, 0.05) is 25.6 Å². The molecule has 0 aromatic rings. The molecule has 20 heavy (non-hydrogen) atoms. The van der Waals surface area contributed by atoms with Crippen LogP contribution in [0, 0.1) is 5.92 Å². The standard InChI is InChI=1S/C14H24N2O4/c1-13(2,3)20-12(18)16-7-5-6-10-8-15-9-14(10,16)11(17)19-4/h10,15H,5-9H2,1-4H3/t10-,14+/m1/s1. The molecule has 2 aliphatic heterocycles. The SMILES string of the molecule is COC(=O)[C@]12CNC[C@H]1CCCN2C(=O)OC(C)(C)C. The van der Waals surface area contributed by atoms with Crippen molar-refractivity contribution in [3.05, 3.63) is 0 Å². The van der Waals surface area contributed by atoms with Crippen molar-refractivity contribution in [3.8, 4) is 0 Å². The van der Waals surface area contributed by atoms with Crippen LogP contribution in [0.1, 0.15) is 33.6 Å². The number of carbonyl (C=O) groups is 2. The highest BCUT2D eigenvalue weighted by atomic mass is 16.6. The Hall–Kier alpha value is -1.30. The lowest BCUT2D eigenvalue weighted by Gasteiger charge is -2.45. The molecule has 1 N–H and O–H groups in total. The molecule has 6 heteroatoms. The number of hydrogen-bond donors (Lipinski definition) is 1. The summed E-state index contributed by atoms with van der Waals surface area (Å²) >= 11 is 0. The predicted octanol–water partition coefficient (Wildman–Crippen LogP) is 1.15. The van der Waals surface area contributed by atoms with Gasteiger partial charge in [-0.3, -0.25) is 4.90 Å². The van der Waals surface area contributed by atoms with Crippen LogP contribution >= 0.6 is 0 Å². The lowest BCUT2D eigenvalue weighted by molar-refractivity contribution is -0.158. The van der Waals surface area contributed by atoms with Crippen molar-refractivity contribution in [1.82, 2.24) is 10.2 Å². The Morgan fingerprint density at radius 2 is 2.05 bits per heavy atom. The van der Waals surface area contributed by atoms with Gasteiger partial charge in [0.05, 0.1) is 7.11 Å². The lowest BCUT2D eigenvalue weighted by atomic mass is 9.79. The first-order valence-corrected chi connectivity index (χ1v) is 7.11. The zero-order chi connectivity index (χ0) is 15.0. The summed E-state index contributed by atoms with van der Waals surface area (Å²) in [6.45, 7) is 7.16. The fourth-order valence-corrected chi connectivity index (χ4v) is 3.20. The van der Waals surface area contributed by atoms with Crippen molar-refractivity contribution < 1.29 is 19.1 Å². The summed E-state index contributed by atoms with van der Waals surface area (Å²) in [5.41, 5.74) is -1.48. The van der Waals surface area contributed by atoms with Crippen molar-refractivity contribution >= 4 is 12.1 Å². The zero-order valence-corrected chi connectivity index (χ0v) is 12.7. The second kappa shape index (κ2) is 5.24. The summed E-state index contributed by atoms with van der Waals surface area (Å²) in [6.07, 6.45) is 1.36. The van der Waals surface area contributed by atoms with E-state index in [1.165, 1.54) is 7.11 Å². The van der Waals surface area contributed by atoms with Gasteiger partial charge in [-0.1, -0.05) is 0 Å². The molecule has 0 radical (unpaired) electrons. The van der Waals surface area contributed by atoms with Gasteiger partial charge < -0.3 is 14.8 Å². The maximum atomic E-state index is 12.5. The largest absolute Gasteiger partial charge is 0.467 e. The number of piperidine rings is 1. The Labute approximate surface area is 119 Å². The molecule has 2 fully saturated rings. The Kier molecular flexibility index (Phi) is 3.95. The molecular formula is C14H24N2O4. The third-order valence-electron chi connectivity index (χ3n) is 4.03. The molecule has 0 aromatic carbocycles. The summed E-state index contributed by atoms with van der Waals surface area (Å²) in [6, 6.07) is 0. The second-order valence-corrected chi connectivity index (χ2v) is 6.52. The van der Waals surface area contributed by atoms with Gasteiger partial charge >= 0.3 is 12.1 Å². The number of amides is 1. The smallest absolute Gasteiger partial charge is 0.411 e. The molecule has 0 unspecified atom stereocenters. The van der Waals surface area contributed by atoms with Crippen LogP contribution in [0.25, 0.3) is 0 Å². The Balaban J connectivity index is 2.29. The van der Waals surface area contributed by atoms with Gasteiger partial charge in [0.15, 0.2) is 5.54 Å². The second-order valence-electron chi connectivity index (χ2n) is 6.52. The predicted molar refractivity (Wildman–Crippen MR) is 73.3 cm³/mol. The molecular weight excluding hydrogens is 260 g/mol. The number of hydrogen-bond acceptors (Lipinski definition) is 5. The summed E-state index contributed by atoms with van der Waals surface area (Å²) in [4.78, 5) is 26.4. The number of carbonyl (C=O) groups excluding carboxylic acids is 2. The van der Waals surface area contributed by atoms with Crippen LogP contribution in [0.5, 0.6) is 0 Å². The van der Waals surface area contributed by atoms with Gasteiger partial charge in [-0.15, -0.1) is 0 Å². The van der Waals surface area contributed by atoms with E-state index in [-0.39, 0.29) is 11.9 Å². The summed E-state index contributed by atoms with van der Waals surface area (Å²) < 4.78 is 10.4. The normalized spacial score (nSPS) is 29.8. The Morgan fingerprint density at radius 3 is 2.65 bits per heavy atom. The van der Waals surface area contributed by atoms with Crippen molar-refractivity contribution in [2.75, 3.05) is 26.7 Å². The highest BCUT2D eigenvalue weighted by Gasteiger charge is 2.58. The van der Waals surface area contributed by atoms with Gasteiger partial charge in [-0.25, -0.2) is 9.59 Å². The topological polar surface area (TPSA) is 67.9 Å². The number of likely N-dealkylation sites (tertiary alicyclic amines) is 1. The van der Waals surface area contributed by atoms with Crippen LogP contribution < -0.4 is 5.32 Å². The van der Waals surface area contributed by atoms with Gasteiger partial charge in [0.25, 0.3) is 0 Å². The number of esters is 1. The molecule has 2 aliphatic rings. The van der Waals surface area contributed by atoms with E-state index in [1.54, 1.807) is 4.90 Å².